The van der Waals surface area contributed by atoms with E-state index in [1.165, 1.54) is 116 Å². The molecule has 0 aliphatic heterocycles. The lowest BCUT2D eigenvalue weighted by Gasteiger charge is -2.02. The number of esters is 2. The van der Waals surface area contributed by atoms with Crippen molar-refractivity contribution >= 4 is 11.9 Å². The molecule has 0 unspecified atom stereocenters. The summed E-state index contributed by atoms with van der Waals surface area (Å²) in [5.41, 5.74) is 0. The normalized spacial score (nSPS) is 10.4. The molecule has 0 aromatic heterocycles. The highest BCUT2D eigenvalue weighted by molar-refractivity contribution is 5.85. The third-order valence-electron chi connectivity index (χ3n) is 7.15. The van der Waals surface area contributed by atoms with Crippen molar-refractivity contribution in [2.75, 3.05) is 0 Å². The summed E-state index contributed by atoms with van der Waals surface area (Å²) in [5, 5.41) is 0. The highest BCUT2D eigenvalue weighted by atomic mass is 16.6. The number of ether oxygens (including phenoxy) is 1. The quantitative estimate of drug-likeness (QED) is 0.0472. The Bertz CT molecular complexity index is 615. The molecule has 0 aliphatic rings. The van der Waals surface area contributed by atoms with E-state index in [1.54, 1.807) is 0 Å². The van der Waals surface area contributed by atoms with Gasteiger partial charge in [0.15, 0.2) is 0 Å². The van der Waals surface area contributed by atoms with E-state index in [1.807, 2.05) is 0 Å². The van der Waals surface area contributed by atoms with Crippen LogP contribution in [0.5, 0.6) is 0 Å². The zero-order valence-corrected chi connectivity index (χ0v) is 26.0. The Balaban J connectivity index is 3.44. The lowest BCUT2D eigenvalue weighted by molar-refractivity contribution is -0.159. The molecule has 224 valence electrons. The summed E-state index contributed by atoms with van der Waals surface area (Å²) in [6.45, 7) is 4.52. The topological polar surface area (TPSA) is 43.4 Å². The summed E-state index contributed by atoms with van der Waals surface area (Å²) >= 11 is 0. The Kier molecular flexibility index (Phi) is 31.0. The van der Waals surface area contributed by atoms with E-state index in [2.05, 4.69) is 37.5 Å². The van der Waals surface area contributed by atoms with Crippen LogP contribution in [0.25, 0.3) is 0 Å². The van der Waals surface area contributed by atoms with E-state index in [0.29, 0.717) is 12.8 Å². The van der Waals surface area contributed by atoms with Crippen LogP contribution in [0.3, 0.4) is 0 Å². The molecule has 0 amide bonds. The molecular weight excluding hydrogens is 480 g/mol. The summed E-state index contributed by atoms with van der Waals surface area (Å²) < 4.78 is 4.94. The van der Waals surface area contributed by atoms with Gasteiger partial charge >= 0.3 is 11.9 Å². The zero-order chi connectivity index (χ0) is 28.5. The van der Waals surface area contributed by atoms with Gasteiger partial charge in [0.05, 0.1) is 0 Å². The van der Waals surface area contributed by atoms with Crippen LogP contribution in [-0.4, -0.2) is 11.9 Å². The van der Waals surface area contributed by atoms with Crippen molar-refractivity contribution in [2.24, 2.45) is 0 Å². The molecule has 0 saturated carbocycles. The molecule has 0 heterocycles. The average molecular weight is 543 g/mol. The molecule has 0 fully saturated rings. The SMILES string of the molecule is CCCCCCCCCCCC#CCCCCC(=O)OC(=O)CCCCC#CCCCCCCCCCCC. The molecule has 0 aliphatic carbocycles. The minimum absolute atomic E-state index is 0.302. The van der Waals surface area contributed by atoms with Gasteiger partial charge in [0, 0.05) is 38.5 Å². The molecule has 0 aromatic rings. The van der Waals surface area contributed by atoms with Crippen molar-refractivity contribution in [3.63, 3.8) is 0 Å². The van der Waals surface area contributed by atoms with Crippen LogP contribution >= 0.6 is 0 Å². The fraction of sp³-hybridized carbons (Fsp3) is 0.833. The van der Waals surface area contributed by atoms with Gasteiger partial charge in [-0.15, -0.1) is 23.7 Å². The molecule has 39 heavy (non-hydrogen) atoms. The number of rotatable bonds is 26. The van der Waals surface area contributed by atoms with Gasteiger partial charge in [0.2, 0.25) is 0 Å². The summed E-state index contributed by atoms with van der Waals surface area (Å²) in [7, 11) is 0. The summed E-state index contributed by atoms with van der Waals surface area (Å²) in [6.07, 6.45) is 31.5. The first kappa shape index (κ1) is 37.3. The van der Waals surface area contributed by atoms with Gasteiger partial charge in [-0.1, -0.05) is 117 Å². The van der Waals surface area contributed by atoms with Crippen LogP contribution in [0.1, 0.15) is 194 Å². The van der Waals surface area contributed by atoms with E-state index >= 15 is 0 Å². The first-order valence-electron chi connectivity index (χ1n) is 16.9. The van der Waals surface area contributed by atoms with Crippen LogP contribution in [0, 0.1) is 23.7 Å². The third kappa shape index (κ3) is 32.4. The van der Waals surface area contributed by atoms with Crippen molar-refractivity contribution in [3.05, 3.63) is 0 Å². The molecule has 0 radical (unpaired) electrons. The Morgan fingerprint density at radius 3 is 0.949 bits per heavy atom. The second-order valence-electron chi connectivity index (χ2n) is 11.1. The van der Waals surface area contributed by atoms with E-state index in [0.717, 1.165) is 51.4 Å². The molecule has 0 N–H and O–H groups in total. The molecule has 3 heteroatoms. The minimum Gasteiger partial charge on any atom is -0.393 e. The largest absolute Gasteiger partial charge is 0.393 e. The minimum atomic E-state index is -0.400. The van der Waals surface area contributed by atoms with Gasteiger partial charge in [-0.2, -0.15) is 0 Å². The molecular formula is C36H62O3. The summed E-state index contributed by atoms with van der Waals surface area (Å²) in [4.78, 5) is 23.7. The number of carbonyl (C=O) groups excluding carboxylic acids is 2. The van der Waals surface area contributed by atoms with Gasteiger partial charge in [0.25, 0.3) is 0 Å². The number of carbonyl (C=O) groups is 2. The highest BCUT2D eigenvalue weighted by Gasteiger charge is 2.09. The van der Waals surface area contributed by atoms with Crippen molar-refractivity contribution in [1.29, 1.82) is 0 Å². The van der Waals surface area contributed by atoms with Crippen molar-refractivity contribution in [1.82, 2.24) is 0 Å². The Morgan fingerprint density at radius 2 is 0.641 bits per heavy atom. The highest BCUT2D eigenvalue weighted by Crippen LogP contribution is 2.11. The Morgan fingerprint density at radius 1 is 0.385 bits per heavy atom. The maximum Gasteiger partial charge on any atom is 0.313 e. The van der Waals surface area contributed by atoms with Crippen molar-refractivity contribution in [3.8, 4) is 23.7 Å². The molecule has 0 bridgehead atoms. The van der Waals surface area contributed by atoms with Crippen molar-refractivity contribution < 1.29 is 14.3 Å². The van der Waals surface area contributed by atoms with Crippen LogP contribution in [0.4, 0.5) is 0 Å². The number of hydrogen-bond acceptors (Lipinski definition) is 3. The Labute approximate surface area is 243 Å². The fourth-order valence-electron chi connectivity index (χ4n) is 4.60. The maximum atomic E-state index is 11.8. The number of unbranched alkanes of at least 4 members (excludes halogenated alkanes) is 22. The summed E-state index contributed by atoms with van der Waals surface area (Å²) in [5.74, 6) is 12.1. The van der Waals surface area contributed by atoms with Gasteiger partial charge in [-0.25, -0.2) is 0 Å². The average Bonchev–Trinajstić information content (AvgIpc) is 2.93. The molecule has 0 rings (SSSR count). The molecule has 0 aromatic carbocycles. The van der Waals surface area contributed by atoms with Crippen LogP contribution in [-0.2, 0) is 14.3 Å². The maximum absolute atomic E-state index is 11.8. The van der Waals surface area contributed by atoms with E-state index in [9.17, 15) is 9.59 Å². The second-order valence-corrected chi connectivity index (χ2v) is 11.1. The standard InChI is InChI=1S/C36H62O3/c1-3-5-7-9-11-13-15-17-19-21-23-25-27-29-31-33-35(37)39-36(38)34-32-30-28-26-24-22-20-18-16-14-12-10-8-6-4-2/h3-22,27-34H2,1-2H3. The predicted molar refractivity (Wildman–Crippen MR) is 167 cm³/mol. The first-order valence-corrected chi connectivity index (χ1v) is 16.9. The predicted octanol–water partition coefficient (Wildman–Crippen LogP) is 11.0. The van der Waals surface area contributed by atoms with Gasteiger partial charge in [0.1, 0.15) is 0 Å². The Hall–Kier alpha value is -1.74. The first-order chi connectivity index (χ1) is 19.2. The molecule has 3 nitrogen and oxygen atoms in total. The monoisotopic (exact) mass is 542 g/mol. The fourth-order valence-corrected chi connectivity index (χ4v) is 4.60. The molecule has 0 atom stereocenters. The lowest BCUT2D eigenvalue weighted by Crippen LogP contribution is -2.11. The lowest BCUT2D eigenvalue weighted by atomic mass is 10.1. The van der Waals surface area contributed by atoms with Crippen LogP contribution in [0.15, 0.2) is 0 Å². The van der Waals surface area contributed by atoms with Gasteiger partial charge in [-0.05, 0) is 38.5 Å². The zero-order valence-electron chi connectivity index (χ0n) is 26.0. The van der Waals surface area contributed by atoms with Crippen molar-refractivity contribution in [2.45, 2.75) is 194 Å². The van der Waals surface area contributed by atoms with Gasteiger partial charge in [-0.3, -0.25) is 9.59 Å². The van der Waals surface area contributed by atoms with E-state index in [4.69, 9.17) is 4.74 Å². The second kappa shape index (κ2) is 32.5. The molecule has 0 saturated heterocycles. The van der Waals surface area contributed by atoms with E-state index in [-0.39, 0.29) is 0 Å². The van der Waals surface area contributed by atoms with E-state index < -0.39 is 11.9 Å². The van der Waals surface area contributed by atoms with Gasteiger partial charge < -0.3 is 4.74 Å². The molecule has 0 spiro atoms. The third-order valence-corrected chi connectivity index (χ3v) is 7.15. The van der Waals surface area contributed by atoms with Crippen LogP contribution < -0.4 is 0 Å². The van der Waals surface area contributed by atoms with Crippen LogP contribution in [0.2, 0.25) is 0 Å². The summed E-state index contributed by atoms with van der Waals surface area (Å²) in [6, 6.07) is 0. The number of hydrogen-bond donors (Lipinski definition) is 0. The smallest absolute Gasteiger partial charge is 0.313 e.